The summed E-state index contributed by atoms with van der Waals surface area (Å²) >= 11 is 0. The fourth-order valence-corrected chi connectivity index (χ4v) is 4.18. The van der Waals surface area contributed by atoms with Crippen molar-refractivity contribution < 1.29 is 23.8 Å². The van der Waals surface area contributed by atoms with E-state index in [1.165, 1.54) is 6.33 Å². The predicted molar refractivity (Wildman–Crippen MR) is 156 cm³/mol. The number of ether oxygens (including phenoxy) is 3. The minimum atomic E-state index is -0.686. The highest BCUT2D eigenvalue weighted by atomic mass is 16.5. The molecule has 41 heavy (non-hydrogen) atoms. The van der Waals surface area contributed by atoms with Crippen LogP contribution in [0.2, 0.25) is 0 Å². The van der Waals surface area contributed by atoms with Gasteiger partial charge < -0.3 is 40.4 Å². The lowest BCUT2D eigenvalue weighted by Gasteiger charge is -2.20. The molecule has 0 saturated carbocycles. The van der Waals surface area contributed by atoms with Crippen LogP contribution in [0.15, 0.2) is 54.9 Å². The van der Waals surface area contributed by atoms with Crippen molar-refractivity contribution in [3.8, 4) is 17.2 Å². The quantitative estimate of drug-likeness (QED) is 0.261. The summed E-state index contributed by atoms with van der Waals surface area (Å²) in [5.41, 5.74) is 1.52. The Morgan fingerprint density at radius 3 is 2.41 bits per heavy atom. The Kier molecular flexibility index (Phi) is 10.5. The molecule has 2 aliphatic heterocycles. The van der Waals surface area contributed by atoms with E-state index in [9.17, 15) is 9.59 Å². The number of methoxy groups -OCH3 is 1. The number of hydrogen-bond acceptors (Lipinski definition) is 10. The summed E-state index contributed by atoms with van der Waals surface area (Å²) in [7, 11) is 5.57. The highest BCUT2D eigenvalue weighted by molar-refractivity contribution is 5.88. The second kappa shape index (κ2) is 14.7. The van der Waals surface area contributed by atoms with Crippen molar-refractivity contribution in [2.24, 2.45) is 0 Å². The third-order valence-electron chi connectivity index (χ3n) is 6.26. The Labute approximate surface area is 239 Å². The first-order chi connectivity index (χ1) is 19.9. The molecular weight excluding hydrogens is 526 g/mol. The molecular formula is C29H37N7O5. The fourth-order valence-electron chi connectivity index (χ4n) is 4.18. The Morgan fingerprint density at radius 1 is 0.951 bits per heavy atom. The van der Waals surface area contributed by atoms with Gasteiger partial charge in [0.25, 0.3) is 5.91 Å². The second-order valence-electron chi connectivity index (χ2n) is 9.78. The molecule has 2 aromatic carbocycles. The monoisotopic (exact) mass is 563 g/mol. The number of anilines is 4. The standard InChI is InChI=1S/C29H37N7O5/c1-36(2)14-5-4-6-23-29(38)30-13-15-40-25-16-21(9-12-24(25)39-3)34-27-17-26(31-19-32-27)33-20-7-10-22(11-8-20)41-18-28(37)35-23/h7-12,16-17,19,23H,4-6,13-15,18H2,1-3H3,(H,30,38)(H,35,37)(H2,31,32,33,34). The minimum absolute atomic E-state index is 0.202. The lowest BCUT2D eigenvalue weighted by molar-refractivity contribution is -0.130. The van der Waals surface area contributed by atoms with E-state index in [-0.39, 0.29) is 31.6 Å². The molecule has 5 rings (SSSR count). The summed E-state index contributed by atoms with van der Waals surface area (Å²) in [6.07, 6.45) is 3.66. The van der Waals surface area contributed by atoms with E-state index >= 15 is 0 Å². The lowest BCUT2D eigenvalue weighted by Crippen LogP contribution is -2.48. The number of carbonyl (C=O) groups is 2. The van der Waals surface area contributed by atoms with E-state index in [0.717, 1.165) is 30.8 Å². The molecule has 12 nitrogen and oxygen atoms in total. The van der Waals surface area contributed by atoms with Gasteiger partial charge in [0.1, 0.15) is 36.4 Å². The van der Waals surface area contributed by atoms with Crippen molar-refractivity contribution in [3.63, 3.8) is 0 Å². The van der Waals surface area contributed by atoms with E-state index in [1.54, 1.807) is 37.4 Å². The number of aromatic nitrogens is 2. The van der Waals surface area contributed by atoms with Gasteiger partial charge in [0.2, 0.25) is 5.91 Å². The molecule has 0 fully saturated rings. The van der Waals surface area contributed by atoms with Gasteiger partial charge in [-0.05, 0) is 76.3 Å². The number of fused-ring (bicyclic) bond motifs is 11. The van der Waals surface area contributed by atoms with Gasteiger partial charge in [-0.15, -0.1) is 0 Å². The van der Waals surface area contributed by atoms with Crippen LogP contribution in [-0.2, 0) is 9.59 Å². The largest absolute Gasteiger partial charge is 0.493 e. The van der Waals surface area contributed by atoms with Crippen LogP contribution in [0.25, 0.3) is 0 Å². The zero-order chi connectivity index (χ0) is 29.0. The first-order valence-electron chi connectivity index (χ1n) is 13.5. The van der Waals surface area contributed by atoms with Crippen LogP contribution in [0, 0.1) is 0 Å². The molecule has 0 aliphatic carbocycles. The molecule has 1 aromatic heterocycles. The minimum Gasteiger partial charge on any atom is -0.493 e. The Hall–Kier alpha value is -4.58. The molecule has 0 spiro atoms. The molecule has 12 heteroatoms. The molecule has 2 aliphatic rings. The maximum atomic E-state index is 13.0. The van der Waals surface area contributed by atoms with Crippen molar-refractivity contribution in [3.05, 3.63) is 54.9 Å². The van der Waals surface area contributed by atoms with Gasteiger partial charge in [0.15, 0.2) is 18.1 Å². The summed E-state index contributed by atoms with van der Waals surface area (Å²) in [5, 5.41) is 12.2. The van der Waals surface area contributed by atoms with Crippen molar-refractivity contribution in [1.29, 1.82) is 0 Å². The van der Waals surface area contributed by atoms with Crippen LogP contribution in [0.1, 0.15) is 19.3 Å². The Balaban J connectivity index is 1.53. The van der Waals surface area contributed by atoms with E-state index in [0.29, 0.717) is 35.3 Å². The van der Waals surface area contributed by atoms with Gasteiger partial charge in [-0.3, -0.25) is 9.59 Å². The number of benzene rings is 2. The highest BCUT2D eigenvalue weighted by Gasteiger charge is 2.21. The average molecular weight is 564 g/mol. The lowest BCUT2D eigenvalue weighted by atomic mass is 10.1. The zero-order valence-electron chi connectivity index (χ0n) is 23.6. The molecule has 3 aromatic rings. The summed E-state index contributed by atoms with van der Waals surface area (Å²) in [6, 6.07) is 13.7. The van der Waals surface area contributed by atoms with E-state index in [4.69, 9.17) is 14.2 Å². The topological polar surface area (TPSA) is 139 Å². The van der Waals surface area contributed by atoms with Crippen LogP contribution in [0.4, 0.5) is 23.0 Å². The molecule has 2 amide bonds. The maximum Gasteiger partial charge on any atom is 0.258 e. The smallest absolute Gasteiger partial charge is 0.258 e. The van der Waals surface area contributed by atoms with Crippen molar-refractivity contribution in [2.45, 2.75) is 25.3 Å². The number of nitrogens with one attached hydrogen (secondary N) is 4. The molecule has 1 unspecified atom stereocenters. The van der Waals surface area contributed by atoms with Gasteiger partial charge in [-0.2, -0.15) is 0 Å². The van der Waals surface area contributed by atoms with E-state index in [2.05, 4.69) is 36.1 Å². The summed E-state index contributed by atoms with van der Waals surface area (Å²) in [5.74, 6) is 2.11. The first-order valence-corrected chi connectivity index (χ1v) is 13.5. The number of unbranched alkanes of at least 4 members (excludes halogenated alkanes) is 1. The molecule has 4 N–H and O–H groups in total. The molecule has 1 atom stereocenters. The van der Waals surface area contributed by atoms with Gasteiger partial charge in [-0.1, -0.05) is 0 Å². The fraction of sp³-hybridized carbons (Fsp3) is 0.379. The van der Waals surface area contributed by atoms with Crippen LogP contribution in [0.3, 0.4) is 0 Å². The molecule has 3 heterocycles. The predicted octanol–water partition coefficient (Wildman–Crippen LogP) is 3.08. The molecule has 6 bridgehead atoms. The van der Waals surface area contributed by atoms with Crippen molar-refractivity contribution in [1.82, 2.24) is 25.5 Å². The molecule has 0 saturated heterocycles. The van der Waals surface area contributed by atoms with Crippen LogP contribution in [-0.4, -0.2) is 80.2 Å². The van der Waals surface area contributed by atoms with Gasteiger partial charge in [0.05, 0.1) is 13.7 Å². The van der Waals surface area contributed by atoms with Crippen LogP contribution >= 0.6 is 0 Å². The Bertz CT molecular complexity index is 1300. The zero-order valence-corrected chi connectivity index (χ0v) is 23.6. The second-order valence-corrected chi connectivity index (χ2v) is 9.78. The van der Waals surface area contributed by atoms with Gasteiger partial charge in [-0.25, -0.2) is 9.97 Å². The van der Waals surface area contributed by atoms with Crippen molar-refractivity contribution in [2.75, 3.05) is 58.1 Å². The number of rotatable bonds is 6. The van der Waals surface area contributed by atoms with E-state index < -0.39 is 6.04 Å². The van der Waals surface area contributed by atoms with Gasteiger partial charge in [0, 0.05) is 23.5 Å². The number of carbonyl (C=O) groups excluding carboxylic acids is 2. The number of hydrogen-bond donors (Lipinski definition) is 4. The van der Waals surface area contributed by atoms with Crippen LogP contribution in [0.5, 0.6) is 17.2 Å². The third kappa shape index (κ3) is 9.24. The molecule has 0 radical (unpaired) electrons. The normalized spacial score (nSPS) is 16.0. The SMILES string of the molecule is COc1ccc2cc1OCCNC(=O)C(CCCCN(C)C)NC(=O)COc1ccc(cc1)Nc1cc(ncn1)N2. The highest BCUT2D eigenvalue weighted by Crippen LogP contribution is 2.31. The average Bonchev–Trinajstić information content (AvgIpc) is 2.96. The van der Waals surface area contributed by atoms with Crippen molar-refractivity contribution >= 4 is 34.8 Å². The summed E-state index contributed by atoms with van der Waals surface area (Å²) in [4.78, 5) is 36.4. The van der Waals surface area contributed by atoms with Gasteiger partial charge >= 0.3 is 0 Å². The van der Waals surface area contributed by atoms with E-state index in [1.807, 2.05) is 32.3 Å². The summed E-state index contributed by atoms with van der Waals surface area (Å²) < 4.78 is 17.1. The number of amides is 2. The maximum absolute atomic E-state index is 13.0. The van der Waals surface area contributed by atoms with Crippen LogP contribution < -0.4 is 35.5 Å². The number of nitrogens with zero attached hydrogens (tertiary/aromatic N) is 3. The molecule has 218 valence electrons. The summed E-state index contributed by atoms with van der Waals surface area (Å²) in [6.45, 7) is 1.13. The Morgan fingerprint density at radius 2 is 1.68 bits per heavy atom. The first kappa shape index (κ1) is 29.4. The third-order valence-corrected chi connectivity index (χ3v) is 6.26.